The summed E-state index contributed by atoms with van der Waals surface area (Å²) in [5.41, 5.74) is 1.07. The summed E-state index contributed by atoms with van der Waals surface area (Å²) in [7, 11) is 0.352. The quantitative estimate of drug-likeness (QED) is 0.722. The Morgan fingerprint density at radius 1 is 1.21 bits per heavy atom. The molecule has 132 valence electrons. The minimum Gasteiger partial charge on any atom is -0.413 e. The normalized spacial score (nSPS) is 14.8. The Morgan fingerprint density at radius 3 is 2.29 bits per heavy atom. The molecule has 0 fully saturated rings. The van der Waals surface area contributed by atoms with Crippen LogP contribution in [0.4, 0.5) is 13.2 Å². The van der Waals surface area contributed by atoms with Gasteiger partial charge in [0.2, 0.25) is 5.89 Å². The standard InChI is InChI=1S/C14H17F3N3O3P/c1-4-22-24(21,20(2)3)9-10-5-7-11(8-6-10)12-18-19-13(23-12)14(15,16)17/h5-8H,4,9H2,1-3H3. The van der Waals surface area contributed by atoms with Crippen molar-refractivity contribution in [1.29, 1.82) is 0 Å². The van der Waals surface area contributed by atoms with Crippen LogP contribution in [-0.4, -0.2) is 35.6 Å². The van der Waals surface area contributed by atoms with Crippen LogP contribution in [0.1, 0.15) is 18.4 Å². The molecule has 1 aromatic heterocycles. The summed E-state index contributed by atoms with van der Waals surface area (Å²) in [6.07, 6.45) is -4.49. The van der Waals surface area contributed by atoms with Gasteiger partial charge in [-0.3, -0.25) is 4.57 Å². The first-order chi connectivity index (χ1) is 11.2. The third-order valence-corrected chi connectivity index (χ3v) is 5.84. The van der Waals surface area contributed by atoms with Gasteiger partial charge in [-0.25, -0.2) is 4.67 Å². The van der Waals surface area contributed by atoms with E-state index in [1.165, 1.54) is 16.8 Å². The lowest BCUT2D eigenvalue weighted by Gasteiger charge is -2.24. The van der Waals surface area contributed by atoms with Crippen molar-refractivity contribution in [3.05, 3.63) is 35.7 Å². The Morgan fingerprint density at radius 2 is 1.83 bits per heavy atom. The fourth-order valence-corrected chi connectivity index (χ4v) is 3.62. The van der Waals surface area contributed by atoms with Crippen LogP contribution in [0.5, 0.6) is 0 Å². The van der Waals surface area contributed by atoms with Crippen LogP contribution in [0.25, 0.3) is 11.5 Å². The van der Waals surface area contributed by atoms with Gasteiger partial charge in [0.15, 0.2) is 0 Å². The van der Waals surface area contributed by atoms with Crippen molar-refractivity contribution in [2.45, 2.75) is 19.3 Å². The van der Waals surface area contributed by atoms with E-state index in [2.05, 4.69) is 14.6 Å². The number of benzene rings is 1. The molecule has 24 heavy (non-hydrogen) atoms. The third-order valence-electron chi connectivity index (χ3n) is 3.19. The van der Waals surface area contributed by atoms with Gasteiger partial charge in [-0.15, -0.1) is 10.2 Å². The molecular formula is C14H17F3N3O3P. The summed E-state index contributed by atoms with van der Waals surface area (Å²) in [5.74, 6) is -1.62. The molecule has 0 amide bonds. The Kier molecular flexibility index (Phi) is 5.47. The lowest BCUT2D eigenvalue weighted by molar-refractivity contribution is -0.156. The van der Waals surface area contributed by atoms with E-state index in [9.17, 15) is 17.7 Å². The Labute approximate surface area is 137 Å². The number of alkyl halides is 3. The molecule has 0 radical (unpaired) electrons. The number of halogens is 3. The summed E-state index contributed by atoms with van der Waals surface area (Å²) < 4.78 is 61.6. The number of aromatic nitrogens is 2. The van der Waals surface area contributed by atoms with Gasteiger partial charge in [0.25, 0.3) is 7.52 Å². The van der Waals surface area contributed by atoms with Gasteiger partial charge >= 0.3 is 12.1 Å². The van der Waals surface area contributed by atoms with E-state index in [-0.39, 0.29) is 12.1 Å². The van der Waals surface area contributed by atoms with Gasteiger partial charge in [-0.05, 0) is 38.7 Å². The number of hydrogen-bond acceptors (Lipinski definition) is 5. The fraction of sp³-hybridized carbons (Fsp3) is 0.429. The molecule has 6 nitrogen and oxygen atoms in total. The van der Waals surface area contributed by atoms with Crippen molar-refractivity contribution in [1.82, 2.24) is 14.9 Å². The van der Waals surface area contributed by atoms with E-state index in [1.807, 2.05) is 0 Å². The van der Waals surface area contributed by atoms with Crippen LogP contribution in [0.2, 0.25) is 0 Å². The fourth-order valence-electron chi connectivity index (χ4n) is 1.94. The molecule has 0 saturated carbocycles. The highest BCUT2D eigenvalue weighted by atomic mass is 31.2. The van der Waals surface area contributed by atoms with Gasteiger partial charge in [0.05, 0.1) is 12.8 Å². The first-order valence-electron chi connectivity index (χ1n) is 7.07. The largest absolute Gasteiger partial charge is 0.470 e. The van der Waals surface area contributed by atoms with Crippen LogP contribution in [0.15, 0.2) is 28.7 Å². The van der Waals surface area contributed by atoms with E-state index in [0.29, 0.717) is 12.2 Å². The first-order valence-corrected chi connectivity index (χ1v) is 8.83. The van der Waals surface area contributed by atoms with Crippen molar-refractivity contribution in [3.63, 3.8) is 0 Å². The second kappa shape index (κ2) is 7.04. The van der Waals surface area contributed by atoms with Crippen LogP contribution >= 0.6 is 7.52 Å². The van der Waals surface area contributed by atoms with Gasteiger partial charge in [-0.2, -0.15) is 13.2 Å². The molecular weight excluding hydrogens is 346 g/mol. The average Bonchev–Trinajstić information content (AvgIpc) is 2.98. The maximum absolute atomic E-state index is 12.7. The molecule has 0 saturated heterocycles. The van der Waals surface area contributed by atoms with Crippen molar-refractivity contribution in [3.8, 4) is 11.5 Å². The molecule has 0 aliphatic carbocycles. The zero-order valence-corrected chi connectivity index (χ0v) is 14.3. The topological polar surface area (TPSA) is 68.5 Å². The van der Waals surface area contributed by atoms with Gasteiger partial charge < -0.3 is 8.94 Å². The van der Waals surface area contributed by atoms with Gasteiger partial charge in [0, 0.05) is 5.56 Å². The predicted octanol–water partition coefficient (Wildman–Crippen LogP) is 4.05. The smallest absolute Gasteiger partial charge is 0.413 e. The highest BCUT2D eigenvalue weighted by molar-refractivity contribution is 7.55. The molecule has 0 aliphatic heterocycles. The molecule has 0 N–H and O–H groups in total. The SMILES string of the molecule is CCOP(=O)(Cc1ccc(-c2nnc(C(F)(F)F)o2)cc1)N(C)C. The van der Waals surface area contributed by atoms with Crippen molar-refractivity contribution in [2.24, 2.45) is 0 Å². The number of rotatable bonds is 6. The van der Waals surface area contributed by atoms with E-state index >= 15 is 0 Å². The predicted molar refractivity (Wildman–Crippen MR) is 81.4 cm³/mol. The Hall–Kier alpha value is -1.70. The maximum atomic E-state index is 12.7. The molecule has 1 aromatic carbocycles. The van der Waals surface area contributed by atoms with Crippen LogP contribution in [0.3, 0.4) is 0 Å². The second-order valence-corrected chi connectivity index (χ2v) is 7.82. The number of nitrogens with zero attached hydrogens (tertiary/aromatic N) is 3. The van der Waals surface area contributed by atoms with E-state index in [4.69, 9.17) is 4.52 Å². The highest BCUT2D eigenvalue weighted by Crippen LogP contribution is 2.51. The zero-order chi connectivity index (χ0) is 18.0. The summed E-state index contributed by atoms with van der Waals surface area (Å²) in [5, 5.41) is 6.37. The summed E-state index contributed by atoms with van der Waals surface area (Å²) in [6, 6.07) is 6.35. The first kappa shape index (κ1) is 18.6. The maximum Gasteiger partial charge on any atom is 0.470 e. The molecule has 1 atom stereocenters. The summed E-state index contributed by atoms with van der Waals surface area (Å²) >= 11 is 0. The molecule has 1 heterocycles. The van der Waals surface area contributed by atoms with Gasteiger partial charge in [0.1, 0.15) is 0 Å². The number of hydrogen-bond donors (Lipinski definition) is 0. The van der Waals surface area contributed by atoms with Crippen LogP contribution in [-0.2, 0) is 21.4 Å². The summed E-state index contributed by atoms with van der Waals surface area (Å²) in [4.78, 5) is 0. The molecule has 1 unspecified atom stereocenters. The molecule has 0 spiro atoms. The molecule has 0 aliphatic rings. The van der Waals surface area contributed by atoms with E-state index in [1.54, 1.807) is 33.2 Å². The van der Waals surface area contributed by atoms with E-state index in [0.717, 1.165) is 5.56 Å². The summed E-state index contributed by atoms with van der Waals surface area (Å²) in [6.45, 7) is 2.07. The molecule has 2 rings (SSSR count). The Balaban J connectivity index is 2.19. The lowest BCUT2D eigenvalue weighted by atomic mass is 10.1. The molecule has 0 bridgehead atoms. The molecule has 2 aromatic rings. The van der Waals surface area contributed by atoms with E-state index < -0.39 is 19.6 Å². The van der Waals surface area contributed by atoms with Crippen LogP contribution in [0, 0.1) is 0 Å². The third kappa shape index (κ3) is 4.23. The minimum absolute atomic E-state index is 0.186. The van der Waals surface area contributed by atoms with Gasteiger partial charge in [-0.1, -0.05) is 12.1 Å². The lowest BCUT2D eigenvalue weighted by Crippen LogP contribution is -2.12. The minimum atomic E-state index is -4.68. The van der Waals surface area contributed by atoms with Crippen molar-refractivity contribution in [2.75, 3.05) is 20.7 Å². The second-order valence-electron chi connectivity index (χ2n) is 5.17. The monoisotopic (exact) mass is 363 g/mol. The Bertz CT molecular complexity index is 729. The van der Waals surface area contributed by atoms with Crippen molar-refractivity contribution >= 4 is 7.52 Å². The average molecular weight is 363 g/mol. The molecule has 10 heteroatoms. The van der Waals surface area contributed by atoms with Crippen molar-refractivity contribution < 1.29 is 26.7 Å². The van der Waals surface area contributed by atoms with Crippen LogP contribution < -0.4 is 0 Å². The highest BCUT2D eigenvalue weighted by Gasteiger charge is 2.38. The zero-order valence-electron chi connectivity index (χ0n) is 13.4.